The van der Waals surface area contributed by atoms with Gasteiger partial charge >= 0.3 is 5.97 Å². The number of para-hydroxylation sites is 1. The van der Waals surface area contributed by atoms with E-state index >= 15 is 0 Å². The molecular weight excluding hydrogens is 376 g/mol. The first kappa shape index (κ1) is 18.2. The molecule has 4 rings (SSSR count). The highest BCUT2D eigenvalue weighted by molar-refractivity contribution is 6.31. The second-order valence-corrected chi connectivity index (χ2v) is 7.02. The van der Waals surface area contributed by atoms with Gasteiger partial charge in [-0.25, -0.2) is 4.79 Å². The first-order valence-corrected chi connectivity index (χ1v) is 9.20. The number of nitrogens with zero attached hydrogens (tertiary/aromatic N) is 1. The van der Waals surface area contributed by atoms with E-state index in [1.165, 1.54) is 7.11 Å². The second-order valence-electron chi connectivity index (χ2n) is 6.58. The number of esters is 1. The van der Waals surface area contributed by atoms with Gasteiger partial charge in [0.05, 0.1) is 18.4 Å². The fourth-order valence-corrected chi connectivity index (χ4v) is 3.46. The fourth-order valence-electron chi connectivity index (χ4n) is 3.30. The van der Waals surface area contributed by atoms with Crippen LogP contribution in [-0.2, 0) is 17.8 Å². The average molecular weight is 395 g/mol. The Morgan fingerprint density at radius 1 is 1.14 bits per heavy atom. The van der Waals surface area contributed by atoms with E-state index in [0.717, 1.165) is 28.3 Å². The molecule has 0 amide bonds. The van der Waals surface area contributed by atoms with Gasteiger partial charge in [-0.2, -0.15) is 0 Å². The molecule has 3 aromatic rings. The Morgan fingerprint density at radius 3 is 2.75 bits per heavy atom. The van der Waals surface area contributed by atoms with Crippen molar-refractivity contribution in [1.82, 2.24) is 0 Å². The molecular formula is C22H19ClN2O3. The highest BCUT2D eigenvalue weighted by Crippen LogP contribution is 2.41. The minimum atomic E-state index is -0.410. The highest BCUT2D eigenvalue weighted by atomic mass is 35.5. The van der Waals surface area contributed by atoms with Crippen molar-refractivity contribution in [2.24, 2.45) is 0 Å². The molecule has 0 bridgehead atoms. The van der Waals surface area contributed by atoms with Gasteiger partial charge in [-0.1, -0.05) is 35.9 Å². The number of hydrogen-bond donors (Lipinski definition) is 1. The second kappa shape index (κ2) is 7.44. The van der Waals surface area contributed by atoms with E-state index < -0.39 is 5.97 Å². The summed E-state index contributed by atoms with van der Waals surface area (Å²) < 4.78 is 10.9. The zero-order valence-corrected chi connectivity index (χ0v) is 16.1. The quantitative estimate of drug-likeness (QED) is 0.499. The summed E-state index contributed by atoms with van der Waals surface area (Å²) in [4.78, 5) is 13.9. The maximum Gasteiger partial charge on any atom is 0.337 e. The van der Waals surface area contributed by atoms with Crippen molar-refractivity contribution < 1.29 is 14.3 Å². The van der Waals surface area contributed by atoms with Gasteiger partial charge in [0.15, 0.2) is 5.75 Å². The standard InChI is InChI=1S/C22H19ClN2O3/c1-27-22(26)14-6-7-15(18(24)10-14)12-25-13-16-4-2-3-5-20(16)28-21-9-8-17(23)11-19(21)25/h2-11H,12-13,24H2,1H3. The number of rotatable bonds is 3. The molecule has 0 aromatic heterocycles. The Balaban J connectivity index is 1.72. The van der Waals surface area contributed by atoms with Crippen LogP contribution < -0.4 is 15.4 Å². The molecule has 1 heterocycles. The van der Waals surface area contributed by atoms with Crippen molar-refractivity contribution in [2.75, 3.05) is 17.7 Å². The van der Waals surface area contributed by atoms with E-state index in [2.05, 4.69) is 4.90 Å². The van der Waals surface area contributed by atoms with Crippen LogP contribution >= 0.6 is 11.6 Å². The average Bonchev–Trinajstić information content (AvgIpc) is 2.85. The maximum absolute atomic E-state index is 11.7. The number of methoxy groups -OCH3 is 1. The van der Waals surface area contributed by atoms with Crippen molar-refractivity contribution in [2.45, 2.75) is 13.1 Å². The monoisotopic (exact) mass is 394 g/mol. The summed E-state index contributed by atoms with van der Waals surface area (Å²) >= 11 is 6.25. The summed E-state index contributed by atoms with van der Waals surface area (Å²) in [7, 11) is 1.35. The van der Waals surface area contributed by atoms with Crippen LogP contribution in [0, 0.1) is 0 Å². The smallest absolute Gasteiger partial charge is 0.337 e. The van der Waals surface area contributed by atoms with Gasteiger partial charge in [0, 0.05) is 29.4 Å². The van der Waals surface area contributed by atoms with Crippen molar-refractivity contribution in [3.63, 3.8) is 0 Å². The lowest BCUT2D eigenvalue weighted by Gasteiger charge is -2.25. The zero-order chi connectivity index (χ0) is 19.7. The number of nitrogen functional groups attached to an aromatic ring is 1. The Hall–Kier alpha value is -3.18. The van der Waals surface area contributed by atoms with Gasteiger partial charge < -0.3 is 20.1 Å². The lowest BCUT2D eigenvalue weighted by Crippen LogP contribution is -2.22. The molecule has 6 heteroatoms. The van der Waals surface area contributed by atoms with E-state index in [1.807, 2.05) is 48.5 Å². The maximum atomic E-state index is 11.7. The lowest BCUT2D eigenvalue weighted by atomic mass is 10.1. The largest absolute Gasteiger partial charge is 0.465 e. The van der Waals surface area contributed by atoms with E-state index in [0.29, 0.717) is 29.4 Å². The molecule has 3 aromatic carbocycles. The molecule has 28 heavy (non-hydrogen) atoms. The summed E-state index contributed by atoms with van der Waals surface area (Å²) in [5, 5.41) is 0.632. The number of carbonyl (C=O) groups excluding carboxylic acids is 1. The number of hydrogen-bond acceptors (Lipinski definition) is 5. The van der Waals surface area contributed by atoms with Crippen LogP contribution in [-0.4, -0.2) is 13.1 Å². The summed E-state index contributed by atoms with van der Waals surface area (Å²) in [5.41, 5.74) is 10.0. The van der Waals surface area contributed by atoms with Crippen LogP contribution in [0.4, 0.5) is 11.4 Å². The van der Waals surface area contributed by atoms with Crippen molar-refractivity contribution in [1.29, 1.82) is 0 Å². The molecule has 142 valence electrons. The summed E-state index contributed by atoms with van der Waals surface area (Å²) in [6.07, 6.45) is 0. The third kappa shape index (κ3) is 3.49. The molecule has 0 spiro atoms. The molecule has 1 aliphatic rings. The van der Waals surface area contributed by atoms with E-state index in [-0.39, 0.29) is 0 Å². The Morgan fingerprint density at radius 2 is 1.96 bits per heavy atom. The number of halogens is 1. The van der Waals surface area contributed by atoms with Gasteiger partial charge in [-0.15, -0.1) is 0 Å². The predicted octanol–water partition coefficient (Wildman–Crippen LogP) is 5.02. The van der Waals surface area contributed by atoms with Crippen LogP contribution in [0.25, 0.3) is 0 Å². The first-order chi connectivity index (χ1) is 13.5. The van der Waals surface area contributed by atoms with Gasteiger partial charge in [0.2, 0.25) is 0 Å². The molecule has 0 fully saturated rings. The summed E-state index contributed by atoms with van der Waals surface area (Å²) in [5.74, 6) is 1.15. The number of carbonyl (C=O) groups is 1. The molecule has 2 N–H and O–H groups in total. The Labute approximate surface area is 168 Å². The molecule has 0 unspecified atom stereocenters. The van der Waals surface area contributed by atoms with Crippen LogP contribution in [0.3, 0.4) is 0 Å². The fraction of sp³-hybridized carbons (Fsp3) is 0.136. The molecule has 0 saturated carbocycles. The van der Waals surface area contributed by atoms with Crippen molar-refractivity contribution >= 4 is 28.9 Å². The SMILES string of the molecule is COC(=O)c1ccc(CN2Cc3ccccc3Oc3ccc(Cl)cc32)c(N)c1. The molecule has 0 aliphatic carbocycles. The van der Waals surface area contributed by atoms with E-state index in [1.54, 1.807) is 12.1 Å². The zero-order valence-electron chi connectivity index (χ0n) is 15.3. The molecule has 0 atom stereocenters. The Bertz CT molecular complexity index is 1050. The Kier molecular flexibility index (Phi) is 4.84. The number of ether oxygens (including phenoxy) is 2. The van der Waals surface area contributed by atoms with Gasteiger partial charge in [-0.05, 0) is 42.0 Å². The highest BCUT2D eigenvalue weighted by Gasteiger charge is 2.22. The minimum absolute atomic E-state index is 0.410. The summed E-state index contributed by atoms with van der Waals surface area (Å²) in [6.45, 7) is 1.18. The van der Waals surface area contributed by atoms with Crippen LogP contribution in [0.15, 0.2) is 60.7 Å². The van der Waals surface area contributed by atoms with Crippen LogP contribution in [0.5, 0.6) is 11.5 Å². The number of nitrogens with two attached hydrogens (primary N) is 1. The van der Waals surface area contributed by atoms with Crippen molar-refractivity contribution in [3.05, 3.63) is 82.4 Å². The number of benzene rings is 3. The number of anilines is 2. The van der Waals surface area contributed by atoms with E-state index in [4.69, 9.17) is 26.8 Å². The third-order valence-electron chi connectivity index (χ3n) is 4.74. The molecule has 1 aliphatic heterocycles. The van der Waals surface area contributed by atoms with E-state index in [9.17, 15) is 4.79 Å². The van der Waals surface area contributed by atoms with Gasteiger partial charge in [-0.3, -0.25) is 0 Å². The van der Waals surface area contributed by atoms with Crippen molar-refractivity contribution in [3.8, 4) is 11.5 Å². The van der Waals surface area contributed by atoms with Crippen LogP contribution in [0.2, 0.25) is 5.02 Å². The predicted molar refractivity (Wildman–Crippen MR) is 110 cm³/mol. The first-order valence-electron chi connectivity index (χ1n) is 8.82. The molecule has 0 radical (unpaired) electrons. The van der Waals surface area contributed by atoms with Gasteiger partial charge in [0.1, 0.15) is 5.75 Å². The topological polar surface area (TPSA) is 64.8 Å². The lowest BCUT2D eigenvalue weighted by molar-refractivity contribution is 0.0601. The van der Waals surface area contributed by atoms with Gasteiger partial charge in [0.25, 0.3) is 0 Å². The molecule has 0 saturated heterocycles. The molecule has 5 nitrogen and oxygen atoms in total. The summed E-state index contributed by atoms with van der Waals surface area (Å²) in [6, 6.07) is 18.7. The normalized spacial score (nSPS) is 12.4. The third-order valence-corrected chi connectivity index (χ3v) is 4.98. The number of fused-ring (bicyclic) bond motifs is 2. The minimum Gasteiger partial charge on any atom is -0.465 e. The van der Waals surface area contributed by atoms with Crippen LogP contribution in [0.1, 0.15) is 21.5 Å².